The third kappa shape index (κ3) is 2.74. The molecule has 1 heterocycles. The molecule has 20 heavy (non-hydrogen) atoms. The van der Waals surface area contributed by atoms with E-state index in [0.29, 0.717) is 12.5 Å². The fourth-order valence-electron chi connectivity index (χ4n) is 2.20. The highest BCUT2D eigenvalue weighted by atomic mass is 16.5. The molecule has 0 atom stereocenters. The van der Waals surface area contributed by atoms with Crippen molar-refractivity contribution in [3.63, 3.8) is 0 Å². The van der Waals surface area contributed by atoms with Gasteiger partial charge in [0.25, 0.3) is 0 Å². The van der Waals surface area contributed by atoms with Gasteiger partial charge in [0.15, 0.2) is 5.82 Å². The van der Waals surface area contributed by atoms with Crippen LogP contribution in [0.3, 0.4) is 0 Å². The van der Waals surface area contributed by atoms with E-state index in [1.54, 1.807) is 0 Å². The fourth-order valence-corrected chi connectivity index (χ4v) is 2.20. The summed E-state index contributed by atoms with van der Waals surface area (Å²) in [5, 5.41) is 3.12. The van der Waals surface area contributed by atoms with Crippen molar-refractivity contribution in [1.82, 2.24) is 9.97 Å². The lowest BCUT2D eigenvalue weighted by Gasteiger charge is -2.09. The van der Waals surface area contributed by atoms with Gasteiger partial charge in [-0.1, -0.05) is 12.1 Å². The van der Waals surface area contributed by atoms with Crippen LogP contribution >= 0.6 is 0 Å². The number of benzene rings is 1. The van der Waals surface area contributed by atoms with Gasteiger partial charge < -0.3 is 10.1 Å². The van der Waals surface area contributed by atoms with E-state index in [4.69, 9.17) is 9.72 Å². The number of aromatic nitrogens is 2. The van der Waals surface area contributed by atoms with Crippen molar-refractivity contribution in [2.24, 2.45) is 0 Å². The molecule has 0 spiro atoms. The molecule has 0 aliphatic heterocycles. The smallest absolute Gasteiger partial charge is 0.161 e. The Morgan fingerprint density at radius 2 is 2.10 bits per heavy atom. The number of nitrogens with one attached hydrogen (secondary N) is 1. The summed E-state index contributed by atoms with van der Waals surface area (Å²) in [4.78, 5) is 9.26. The predicted molar refractivity (Wildman–Crippen MR) is 80.2 cm³/mol. The van der Waals surface area contributed by atoms with Crippen LogP contribution in [-0.2, 0) is 0 Å². The molecule has 1 fully saturated rings. The van der Waals surface area contributed by atoms with E-state index in [9.17, 15) is 0 Å². The highest BCUT2D eigenvalue weighted by Crippen LogP contribution is 2.40. The summed E-state index contributed by atoms with van der Waals surface area (Å²) in [5.74, 6) is 3.11. The van der Waals surface area contributed by atoms with Crippen LogP contribution in [0.2, 0.25) is 0 Å². The molecule has 1 aliphatic rings. The molecule has 0 amide bonds. The molecule has 4 nitrogen and oxygen atoms in total. The third-order valence-corrected chi connectivity index (χ3v) is 3.40. The molecule has 0 radical (unpaired) electrons. The highest BCUT2D eigenvalue weighted by Gasteiger charge is 2.26. The van der Waals surface area contributed by atoms with E-state index in [1.807, 2.05) is 44.3 Å². The van der Waals surface area contributed by atoms with Gasteiger partial charge in [-0.15, -0.1) is 0 Å². The largest absolute Gasteiger partial charge is 0.494 e. The van der Waals surface area contributed by atoms with Gasteiger partial charge in [-0.25, -0.2) is 9.97 Å². The Labute approximate surface area is 119 Å². The summed E-state index contributed by atoms with van der Waals surface area (Å²) in [6.07, 6.45) is 2.47. The minimum Gasteiger partial charge on any atom is -0.494 e. The Kier molecular flexibility index (Phi) is 3.54. The number of hydrogen-bond acceptors (Lipinski definition) is 4. The summed E-state index contributed by atoms with van der Waals surface area (Å²) in [7, 11) is 1.89. The Morgan fingerprint density at radius 1 is 1.25 bits per heavy atom. The van der Waals surface area contributed by atoms with Gasteiger partial charge in [-0.05, 0) is 31.9 Å². The van der Waals surface area contributed by atoms with Gasteiger partial charge in [0.2, 0.25) is 0 Å². The molecule has 1 aliphatic carbocycles. The molecule has 2 aromatic rings. The summed E-state index contributed by atoms with van der Waals surface area (Å²) in [5.41, 5.74) is 2.14. The Balaban J connectivity index is 1.99. The molecule has 1 N–H and O–H groups in total. The van der Waals surface area contributed by atoms with Gasteiger partial charge >= 0.3 is 0 Å². The SMILES string of the molecule is CCOc1cccc(-c2nc(NC)cc(C3CC3)n2)c1. The van der Waals surface area contributed by atoms with Crippen molar-refractivity contribution >= 4 is 5.82 Å². The second-order valence-corrected chi connectivity index (χ2v) is 4.99. The standard InChI is InChI=1S/C16H19N3O/c1-3-20-13-6-4-5-12(9-13)16-18-14(11-7-8-11)10-15(17-2)19-16/h4-6,9-11H,3,7-8H2,1-2H3,(H,17,18,19). The molecular weight excluding hydrogens is 250 g/mol. The summed E-state index contributed by atoms with van der Waals surface area (Å²) in [6, 6.07) is 10.00. The molecule has 1 aromatic heterocycles. The van der Waals surface area contributed by atoms with Crippen molar-refractivity contribution in [1.29, 1.82) is 0 Å². The number of ether oxygens (including phenoxy) is 1. The molecule has 0 bridgehead atoms. The second kappa shape index (κ2) is 5.49. The lowest BCUT2D eigenvalue weighted by Crippen LogP contribution is -2.00. The van der Waals surface area contributed by atoms with Crippen LogP contribution in [0.25, 0.3) is 11.4 Å². The molecule has 3 rings (SSSR count). The minimum absolute atomic E-state index is 0.610. The van der Waals surface area contributed by atoms with E-state index in [-0.39, 0.29) is 0 Å². The maximum Gasteiger partial charge on any atom is 0.161 e. The molecule has 0 saturated heterocycles. The van der Waals surface area contributed by atoms with Crippen LogP contribution in [0.1, 0.15) is 31.4 Å². The van der Waals surface area contributed by atoms with E-state index in [2.05, 4.69) is 10.3 Å². The highest BCUT2D eigenvalue weighted by molar-refractivity contribution is 5.60. The normalized spacial score (nSPS) is 14.1. The van der Waals surface area contributed by atoms with Crippen LogP contribution in [0.15, 0.2) is 30.3 Å². The zero-order valence-electron chi connectivity index (χ0n) is 11.9. The van der Waals surface area contributed by atoms with Gasteiger partial charge in [-0.2, -0.15) is 0 Å². The summed E-state index contributed by atoms with van der Waals surface area (Å²) >= 11 is 0. The average Bonchev–Trinajstić information content (AvgIpc) is 3.32. The van der Waals surface area contributed by atoms with Crippen LogP contribution in [0.5, 0.6) is 5.75 Å². The quantitative estimate of drug-likeness (QED) is 0.903. The second-order valence-electron chi connectivity index (χ2n) is 4.99. The zero-order valence-corrected chi connectivity index (χ0v) is 11.9. The topological polar surface area (TPSA) is 47.0 Å². The van der Waals surface area contributed by atoms with E-state index in [1.165, 1.54) is 12.8 Å². The lowest BCUT2D eigenvalue weighted by atomic mass is 10.2. The maximum absolute atomic E-state index is 5.54. The van der Waals surface area contributed by atoms with Gasteiger partial charge in [0.1, 0.15) is 11.6 Å². The Hall–Kier alpha value is -2.10. The molecule has 104 valence electrons. The van der Waals surface area contributed by atoms with Crippen LogP contribution in [-0.4, -0.2) is 23.6 Å². The van der Waals surface area contributed by atoms with E-state index < -0.39 is 0 Å². The van der Waals surface area contributed by atoms with Crippen LogP contribution in [0, 0.1) is 0 Å². The summed E-state index contributed by atoms with van der Waals surface area (Å²) in [6.45, 7) is 2.64. The molecular formula is C16H19N3O. The average molecular weight is 269 g/mol. The zero-order chi connectivity index (χ0) is 13.9. The first kappa shape index (κ1) is 12.9. The van der Waals surface area contributed by atoms with Crippen LogP contribution < -0.4 is 10.1 Å². The van der Waals surface area contributed by atoms with Gasteiger partial charge in [0, 0.05) is 30.3 Å². The van der Waals surface area contributed by atoms with Crippen molar-refractivity contribution in [3.8, 4) is 17.1 Å². The number of nitrogens with zero attached hydrogens (tertiary/aromatic N) is 2. The number of anilines is 1. The summed E-state index contributed by atoms with van der Waals surface area (Å²) < 4.78 is 5.54. The third-order valence-electron chi connectivity index (χ3n) is 3.40. The Morgan fingerprint density at radius 3 is 2.80 bits per heavy atom. The first-order valence-electron chi connectivity index (χ1n) is 7.10. The first-order valence-corrected chi connectivity index (χ1v) is 7.10. The van der Waals surface area contributed by atoms with Gasteiger partial charge in [-0.3, -0.25) is 0 Å². The van der Waals surface area contributed by atoms with Gasteiger partial charge in [0.05, 0.1) is 6.61 Å². The maximum atomic E-state index is 5.54. The molecule has 4 heteroatoms. The number of hydrogen-bond donors (Lipinski definition) is 1. The Bertz CT molecular complexity index is 608. The minimum atomic E-state index is 0.610. The number of rotatable bonds is 5. The fraction of sp³-hybridized carbons (Fsp3) is 0.375. The van der Waals surface area contributed by atoms with E-state index in [0.717, 1.165) is 28.6 Å². The van der Waals surface area contributed by atoms with Crippen LogP contribution in [0.4, 0.5) is 5.82 Å². The molecule has 1 saturated carbocycles. The monoisotopic (exact) mass is 269 g/mol. The van der Waals surface area contributed by atoms with Crippen molar-refractivity contribution in [3.05, 3.63) is 36.0 Å². The lowest BCUT2D eigenvalue weighted by molar-refractivity contribution is 0.340. The van der Waals surface area contributed by atoms with Crippen molar-refractivity contribution < 1.29 is 4.74 Å². The molecule has 0 unspecified atom stereocenters. The van der Waals surface area contributed by atoms with Crippen molar-refractivity contribution in [2.45, 2.75) is 25.7 Å². The predicted octanol–water partition coefficient (Wildman–Crippen LogP) is 3.46. The first-order chi connectivity index (χ1) is 9.80. The molecule has 1 aromatic carbocycles. The van der Waals surface area contributed by atoms with Crippen molar-refractivity contribution in [2.75, 3.05) is 19.0 Å². The van der Waals surface area contributed by atoms with E-state index >= 15 is 0 Å².